The van der Waals surface area contributed by atoms with E-state index in [9.17, 15) is 19.2 Å². The van der Waals surface area contributed by atoms with Gasteiger partial charge in [0.2, 0.25) is 17.8 Å². The van der Waals surface area contributed by atoms with Crippen molar-refractivity contribution < 1.29 is 14.4 Å². The fourth-order valence-corrected chi connectivity index (χ4v) is 8.93. The summed E-state index contributed by atoms with van der Waals surface area (Å²) >= 11 is 0. The molecular weight excluding hydrogens is 683 g/mol. The number of nitrogens with zero attached hydrogens (tertiary/aromatic N) is 7. The van der Waals surface area contributed by atoms with Gasteiger partial charge in [-0.05, 0) is 87.3 Å². The summed E-state index contributed by atoms with van der Waals surface area (Å²) in [6, 6.07) is 12.4. The molecule has 3 saturated heterocycles. The average molecular weight is 732 g/mol. The summed E-state index contributed by atoms with van der Waals surface area (Å²) in [5.74, 6) is 0.823. The van der Waals surface area contributed by atoms with Crippen LogP contribution >= 0.6 is 0 Å². The van der Waals surface area contributed by atoms with Crippen molar-refractivity contribution in [1.29, 1.82) is 0 Å². The summed E-state index contributed by atoms with van der Waals surface area (Å²) in [5.41, 5.74) is 4.41. The van der Waals surface area contributed by atoms with Gasteiger partial charge in [0.25, 0.3) is 5.56 Å². The molecule has 8 rings (SSSR count). The third-order valence-corrected chi connectivity index (χ3v) is 12.0. The van der Waals surface area contributed by atoms with Crippen LogP contribution in [0.15, 0.2) is 53.6 Å². The van der Waals surface area contributed by atoms with Crippen molar-refractivity contribution in [2.75, 3.05) is 60.9 Å². The van der Waals surface area contributed by atoms with Crippen LogP contribution in [0.25, 0.3) is 11.0 Å². The minimum Gasteiger partial charge on any atom is -0.372 e. The number of imide groups is 1. The molecule has 0 radical (unpaired) electrons. The monoisotopic (exact) mass is 731 g/mol. The standard InChI is InChI=1S/C41H49N9O4/c1-26-34-24-43-41(46-38(34)50(31-5-3-4-6-31)40(54)37(26)27(2)51)44-35-13-11-32(23-42-35)49-21-19-47(20-22-49)25-28-15-17-48(18-16-28)30-9-7-29(8-10-30)33-12-14-36(52)45-39(33)53/h7-11,13,23-24,28,31,33H,3-6,12,14-22,25H2,1-2H3,(H,45,52,53)(H,42,43,44,46). The van der Waals surface area contributed by atoms with E-state index in [2.05, 4.69) is 53.5 Å². The minimum atomic E-state index is -0.260. The maximum atomic E-state index is 13.6. The number of piperidine rings is 2. The number of amides is 2. The topological polar surface area (TPSA) is 146 Å². The second-order valence-corrected chi connectivity index (χ2v) is 15.4. The first-order valence-corrected chi connectivity index (χ1v) is 19.5. The largest absolute Gasteiger partial charge is 0.372 e. The maximum Gasteiger partial charge on any atom is 0.263 e. The van der Waals surface area contributed by atoms with E-state index in [1.165, 1.54) is 12.6 Å². The molecule has 3 aromatic heterocycles. The number of nitrogens with one attached hydrogen (secondary N) is 2. The van der Waals surface area contributed by atoms with Crippen LogP contribution in [-0.2, 0) is 9.59 Å². The fourth-order valence-electron chi connectivity index (χ4n) is 8.93. The number of piperazine rings is 1. The quantitative estimate of drug-likeness (QED) is 0.175. The zero-order chi connectivity index (χ0) is 37.3. The number of benzene rings is 1. The molecule has 4 aromatic rings. The first kappa shape index (κ1) is 35.8. The van der Waals surface area contributed by atoms with E-state index in [1.54, 1.807) is 17.7 Å². The number of carbonyl (C=O) groups excluding carboxylic acids is 3. The Morgan fingerprint density at radius 3 is 2.20 bits per heavy atom. The lowest BCUT2D eigenvalue weighted by molar-refractivity contribution is -0.134. The van der Waals surface area contributed by atoms with Crippen LogP contribution in [-0.4, -0.2) is 87.8 Å². The molecule has 3 aliphatic heterocycles. The van der Waals surface area contributed by atoms with E-state index in [0.717, 1.165) is 101 Å². The number of hydrogen-bond donors (Lipinski definition) is 2. The van der Waals surface area contributed by atoms with Gasteiger partial charge in [0.05, 0.1) is 23.4 Å². The number of ketones is 1. The Balaban J connectivity index is 0.831. The third kappa shape index (κ3) is 7.33. The van der Waals surface area contributed by atoms with E-state index in [-0.39, 0.29) is 40.7 Å². The molecule has 1 atom stereocenters. The van der Waals surface area contributed by atoms with Crippen molar-refractivity contribution in [3.63, 3.8) is 0 Å². The Bertz CT molecular complexity index is 2090. The second kappa shape index (κ2) is 15.3. The maximum absolute atomic E-state index is 13.6. The molecule has 1 unspecified atom stereocenters. The lowest BCUT2D eigenvalue weighted by Gasteiger charge is -2.40. The number of Topliss-reactive ketones (excluding diaryl/α,β-unsaturated/α-hetero) is 1. The number of anilines is 4. The van der Waals surface area contributed by atoms with Gasteiger partial charge < -0.3 is 15.1 Å². The van der Waals surface area contributed by atoms with E-state index in [1.807, 2.05) is 24.4 Å². The molecule has 6 heterocycles. The number of rotatable bonds is 9. The molecule has 4 aliphatic rings. The predicted molar refractivity (Wildman–Crippen MR) is 209 cm³/mol. The van der Waals surface area contributed by atoms with Gasteiger partial charge in [-0.25, -0.2) is 9.97 Å². The third-order valence-electron chi connectivity index (χ3n) is 12.0. The van der Waals surface area contributed by atoms with Crippen LogP contribution < -0.4 is 26.0 Å². The van der Waals surface area contributed by atoms with Gasteiger partial charge in [-0.2, -0.15) is 4.98 Å². The van der Waals surface area contributed by atoms with Crippen LogP contribution in [0.4, 0.5) is 23.1 Å². The molecule has 1 aromatic carbocycles. The summed E-state index contributed by atoms with van der Waals surface area (Å²) in [6.45, 7) is 10.3. The van der Waals surface area contributed by atoms with Crippen LogP contribution in [0.3, 0.4) is 0 Å². The Labute approximate surface area is 315 Å². The number of carbonyl (C=O) groups is 3. The van der Waals surface area contributed by atoms with Gasteiger partial charge in [0, 0.05) is 75.5 Å². The fraction of sp³-hybridized carbons (Fsp3) is 0.488. The molecule has 0 spiro atoms. The molecule has 2 amide bonds. The highest BCUT2D eigenvalue weighted by atomic mass is 16.2. The smallest absolute Gasteiger partial charge is 0.263 e. The van der Waals surface area contributed by atoms with Crippen molar-refractivity contribution in [2.45, 2.75) is 77.2 Å². The Morgan fingerprint density at radius 2 is 1.54 bits per heavy atom. The van der Waals surface area contributed by atoms with Gasteiger partial charge in [-0.3, -0.25) is 34.0 Å². The van der Waals surface area contributed by atoms with Gasteiger partial charge in [-0.1, -0.05) is 25.0 Å². The molecule has 1 aliphatic carbocycles. The summed E-state index contributed by atoms with van der Waals surface area (Å²) in [7, 11) is 0. The summed E-state index contributed by atoms with van der Waals surface area (Å²) in [4.78, 5) is 71.3. The van der Waals surface area contributed by atoms with E-state index < -0.39 is 0 Å². The zero-order valence-corrected chi connectivity index (χ0v) is 31.2. The highest BCUT2D eigenvalue weighted by Crippen LogP contribution is 2.33. The Kier molecular flexibility index (Phi) is 10.1. The van der Waals surface area contributed by atoms with E-state index >= 15 is 0 Å². The molecular formula is C41H49N9O4. The Hall–Kier alpha value is -5.17. The van der Waals surface area contributed by atoms with E-state index in [4.69, 9.17) is 4.98 Å². The number of hydrogen-bond acceptors (Lipinski definition) is 11. The minimum absolute atomic E-state index is 0.0253. The number of pyridine rings is 2. The predicted octanol–water partition coefficient (Wildman–Crippen LogP) is 5.12. The van der Waals surface area contributed by atoms with Gasteiger partial charge in [-0.15, -0.1) is 0 Å². The number of aryl methyl sites for hydroxylation is 1. The molecule has 13 heteroatoms. The molecule has 13 nitrogen and oxygen atoms in total. The van der Waals surface area contributed by atoms with Crippen LogP contribution in [0.1, 0.15) is 91.7 Å². The SMILES string of the molecule is CC(=O)c1c(C)c2cnc(Nc3ccc(N4CCN(CC5CCN(c6ccc(C7CCC(=O)NC7=O)cc6)CC5)CC4)cn3)nc2n(C2CCCC2)c1=O. The zero-order valence-electron chi connectivity index (χ0n) is 31.2. The summed E-state index contributed by atoms with van der Waals surface area (Å²) in [5, 5.41) is 6.42. The highest BCUT2D eigenvalue weighted by molar-refractivity contribution is 6.01. The van der Waals surface area contributed by atoms with Crippen molar-refractivity contribution in [3.8, 4) is 0 Å². The first-order chi connectivity index (χ1) is 26.2. The first-order valence-electron chi connectivity index (χ1n) is 19.5. The normalized spacial score (nSPS) is 20.4. The molecule has 2 N–H and O–H groups in total. The van der Waals surface area contributed by atoms with Crippen molar-refractivity contribution >= 4 is 51.8 Å². The highest BCUT2D eigenvalue weighted by Gasteiger charge is 2.29. The number of fused-ring (bicyclic) bond motifs is 1. The van der Waals surface area contributed by atoms with Gasteiger partial charge in [0.1, 0.15) is 11.5 Å². The molecule has 54 heavy (non-hydrogen) atoms. The lowest BCUT2D eigenvalue weighted by Crippen LogP contribution is -2.49. The molecule has 0 bridgehead atoms. The summed E-state index contributed by atoms with van der Waals surface area (Å²) < 4.78 is 1.73. The Morgan fingerprint density at radius 1 is 0.833 bits per heavy atom. The van der Waals surface area contributed by atoms with Crippen molar-refractivity contribution in [1.82, 2.24) is 29.7 Å². The van der Waals surface area contributed by atoms with Crippen LogP contribution in [0.5, 0.6) is 0 Å². The van der Waals surface area contributed by atoms with Crippen LogP contribution in [0, 0.1) is 12.8 Å². The molecule has 1 saturated carbocycles. The van der Waals surface area contributed by atoms with Gasteiger partial charge >= 0.3 is 0 Å². The van der Waals surface area contributed by atoms with Crippen molar-refractivity contribution in [3.05, 3.63) is 75.8 Å². The molecule has 4 fully saturated rings. The average Bonchev–Trinajstić information content (AvgIpc) is 3.71. The number of aromatic nitrogens is 4. The molecule has 282 valence electrons. The lowest BCUT2D eigenvalue weighted by atomic mass is 9.90. The van der Waals surface area contributed by atoms with Crippen molar-refractivity contribution in [2.24, 2.45) is 5.92 Å². The van der Waals surface area contributed by atoms with Crippen LogP contribution in [0.2, 0.25) is 0 Å². The van der Waals surface area contributed by atoms with E-state index in [0.29, 0.717) is 41.7 Å². The second-order valence-electron chi connectivity index (χ2n) is 15.4. The van der Waals surface area contributed by atoms with Gasteiger partial charge in [0.15, 0.2) is 5.78 Å². The summed E-state index contributed by atoms with van der Waals surface area (Å²) in [6.07, 6.45) is 10.8.